The summed E-state index contributed by atoms with van der Waals surface area (Å²) in [6.45, 7) is 37.1. The van der Waals surface area contributed by atoms with Gasteiger partial charge in [0.15, 0.2) is 0 Å². The molecule has 15 atom stereocenters. The smallest absolute Gasteiger partial charge is 0.410 e. The van der Waals surface area contributed by atoms with Crippen molar-refractivity contribution in [3.63, 3.8) is 0 Å². The van der Waals surface area contributed by atoms with E-state index in [4.69, 9.17) is 19.9 Å². The summed E-state index contributed by atoms with van der Waals surface area (Å²) >= 11 is 0. The number of hydrogen-bond donors (Lipinski definition) is 9. The number of rotatable bonds is 29. The third-order valence-electron chi connectivity index (χ3n) is 25.7. The Bertz CT molecular complexity index is 4380. The minimum atomic E-state index is -1.10. The molecule has 0 spiro atoms. The van der Waals surface area contributed by atoms with Crippen LogP contribution in [-0.4, -0.2) is 243 Å². The first-order chi connectivity index (χ1) is 61.4. The third-order valence-corrected chi connectivity index (χ3v) is 25.7. The van der Waals surface area contributed by atoms with Crippen LogP contribution in [0.25, 0.3) is 0 Å². The van der Waals surface area contributed by atoms with Gasteiger partial charge in [-0.15, -0.1) is 0 Å². The van der Waals surface area contributed by atoms with Crippen molar-refractivity contribution in [2.45, 2.75) is 381 Å². The molecular formula is C100H155N15O17. The van der Waals surface area contributed by atoms with Crippen LogP contribution in [0.1, 0.15) is 306 Å². The van der Waals surface area contributed by atoms with Crippen molar-refractivity contribution in [3.8, 4) is 0 Å². The molecule has 3 aromatic carbocycles. The largest absolute Gasteiger partial charge is 0.444 e. The number of nitrogens with two attached hydrogens (primary N) is 1. The van der Waals surface area contributed by atoms with Gasteiger partial charge >= 0.3 is 18.3 Å². The lowest BCUT2D eigenvalue weighted by atomic mass is 9.85. The molecular weight excluding hydrogens is 1680 g/mol. The molecule has 3 aliphatic heterocycles. The summed E-state index contributed by atoms with van der Waals surface area (Å²) in [5.74, 6) is -4.29. The SMILES string of the molecule is C[C@@H](C(=O)N[C@H](C(=O)N1C[C@@H](N)C[C@H]1C(=O)N[C@@H]1CCCc2ccccc21)C(C)(C)C)N(C)C(=O)OC(C)(C)C.C[C@@H](C(=O)N[C@H](C(=O)N1C[C@@H](NC(=O)CCCCCCCCC(=O)N[C@H]2C[C@@H](C(=O)N[C@@H]3CCCc4ccccc43)N(C(=O)[C@@H](NC(=O)[C@H](C)N(C)C(=O)OC(C)(C)C)C(C)(C)C)C2)C[C@H]1C(=O)N[C@@H]1CCCc2ccccc21)C(C)(C)C)N(C)C(=O)OC(C)(C)C. The highest BCUT2D eigenvalue weighted by Gasteiger charge is 2.51. The number of fused-ring (bicyclic) bond motifs is 3. The molecule has 0 unspecified atom stereocenters. The number of benzene rings is 3. The maximum atomic E-state index is 14.9. The van der Waals surface area contributed by atoms with Crippen molar-refractivity contribution in [3.05, 3.63) is 106 Å². The Morgan fingerprint density at radius 2 is 0.629 bits per heavy atom. The van der Waals surface area contributed by atoms with Gasteiger partial charge in [-0.3, -0.25) is 67.4 Å². The first-order valence-electron chi connectivity index (χ1n) is 47.6. The number of likely N-dealkylation sites (N-methyl/N-ethyl adjacent to an activating group) is 3. The molecule has 3 aliphatic carbocycles. The summed E-state index contributed by atoms with van der Waals surface area (Å²) in [6.07, 6.45) is 11.3. The second-order valence-corrected chi connectivity index (χ2v) is 43.3. The van der Waals surface area contributed by atoms with E-state index in [0.29, 0.717) is 19.3 Å². The fourth-order valence-electron chi connectivity index (χ4n) is 17.9. The number of ether oxygens (including phenoxy) is 3. The molecule has 3 aromatic rings. The number of amides is 14. The summed E-state index contributed by atoms with van der Waals surface area (Å²) in [7, 11) is 4.40. The standard InChI is InChI=1S/C70H108N10O12.C30H47N5O5/c1-43(77(15)65(89)91-69(9,10)11)59(83)75-57(67(3,4)5)63(87)79-41-47(39-53(79)61(85)73-51-35-27-31-45-29-23-25-33-49(45)51)71-55(81)37-21-19-17-18-20-22-38-56(82)72-48-40-54(62(86)74-52-36-28-32-46-30-24-26-34-50(46)52)80(42-48)64(88)58(68(6,7)8)76-60(84)44(2)78(16)66(90)92-70(12,13)14;1-18(34(8)28(39)40-30(5,6)7)25(36)33-24(29(2,3)4)27(38)35-17-20(31)16-23(35)26(37)32-22-15-11-13-19-12-9-10-14-21(19)22/h23-26,29-30,33-34,43-44,47-48,51-54,57-58H,17-22,27-28,31-32,35-42H2,1-16H3,(H,71,81)(H,72,82)(H,73,85)(H,74,86)(H,75,83)(H,76,84);9-10,12,14,18,20,22-24H,11,13,15-17,31H2,1-8H3,(H,32,37)(H,33,36)/t43-,44-,47-,48-,51+,52+,53-,54-,57+,58+;18-,20-,22+,23-,24+/m00/s1. The van der Waals surface area contributed by atoms with Gasteiger partial charge in [0.2, 0.25) is 65.0 Å². The number of aryl methyl sites for hydroxylation is 3. The number of unbranched alkanes of at least 4 members (excludes halogenated alkanes) is 5. The predicted molar refractivity (Wildman–Crippen MR) is 504 cm³/mol. The Morgan fingerprint density at radius 1 is 0.371 bits per heavy atom. The van der Waals surface area contributed by atoms with Gasteiger partial charge in [0.25, 0.3) is 0 Å². The van der Waals surface area contributed by atoms with Crippen LogP contribution in [0.5, 0.6) is 0 Å². The van der Waals surface area contributed by atoms with Crippen molar-refractivity contribution in [1.82, 2.24) is 71.9 Å². The van der Waals surface area contributed by atoms with Crippen LogP contribution in [0.3, 0.4) is 0 Å². The molecule has 0 saturated carbocycles. The molecule has 32 nitrogen and oxygen atoms in total. The number of nitrogens with one attached hydrogen (secondary N) is 8. The van der Waals surface area contributed by atoms with E-state index < -0.39 is 147 Å². The molecule has 10 N–H and O–H groups in total. The maximum Gasteiger partial charge on any atom is 0.410 e. The minimum absolute atomic E-state index is 0.0466. The first kappa shape index (κ1) is 107. The van der Waals surface area contributed by atoms with Crippen molar-refractivity contribution < 1.29 is 81.3 Å². The molecule has 14 amide bonds. The second kappa shape index (κ2) is 45.6. The predicted octanol–water partition coefficient (Wildman–Crippen LogP) is 11.1. The highest BCUT2D eigenvalue weighted by atomic mass is 16.6. The van der Waals surface area contributed by atoms with Crippen LogP contribution < -0.4 is 48.3 Å². The van der Waals surface area contributed by atoms with Gasteiger partial charge in [-0.25, -0.2) is 14.4 Å². The minimum Gasteiger partial charge on any atom is -0.444 e. The van der Waals surface area contributed by atoms with E-state index in [9.17, 15) is 67.1 Å². The van der Waals surface area contributed by atoms with Gasteiger partial charge < -0.3 is 77.2 Å². The van der Waals surface area contributed by atoms with E-state index in [1.54, 1.807) is 83.1 Å². The molecule has 9 rings (SSSR count). The van der Waals surface area contributed by atoms with Crippen molar-refractivity contribution >= 4 is 83.3 Å². The Labute approximate surface area is 782 Å². The first-order valence-corrected chi connectivity index (χ1v) is 47.6. The van der Waals surface area contributed by atoms with Gasteiger partial charge in [0, 0.05) is 71.7 Å². The zero-order valence-electron chi connectivity index (χ0n) is 83.1. The van der Waals surface area contributed by atoms with Gasteiger partial charge in [0.05, 0.1) is 18.1 Å². The lowest BCUT2D eigenvalue weighted by Crippen LogP contribution is -2.60. The summed E-state index contributed by atoms with van der Waals surface area (Å²) in [5.41, 5.74) is 8.40. The lowest BCUT2D eigenvalue weighted by molar-refractivity contribution is -0.144. The van der Waals surface area contributed by atoms with Crippen LogP contribution in [0.15, 0.2) is 72.8 Å². The van der Waals surface area contributed by atoms with E-state index >= 15 is 0 Å². The van der Waals surface area contributed by atoms with E-state index in [1.807, 2.05) is 117 Å². The fraction of sp³-hybridized carbons (Fsp3) is 0.680. The van der Waals surface area contributed by atoms with Crippen molar-refractivity contribution in [1.29, 1.82) is 0 Å². The number of carbonyl (C=O) groups excluding carboxylic acids is 14. The second-order valence-electron chi connectivity index (χ2n) is 43.3. The fourth-order valence-corrected chi connectivity index (χ4v) is 17.9. The van der Waals surface area contributed by atoms with Gasteiger partial charge in [-0.2, -0.15) is 0 Å². The summed E-state index contributed by atoms with van der Waals surface area (Å²) in [4.78, 5) is 201. The Morgan fingerprint density at radius 3 is 0.902 bits per heavy atom. The summed E-state index contributed by atoms with van der Waals surface area (Å²) in [6, 6.07) is 13.4. The van der Waals surface area contributed by atoms with Gasteiger partial charge in [0.1, 0.15) is 71.2 Å². The van der Waals surface area contributed by atoms with Gasteiger partial charge in [-0.05, 0) is 223 Å². The molecule has 32 heteroatoms. The number of nitrogens with zero attached hydrogens (tertiary/aromatic N) is 6. The Kier molecular flexibility index (Phi) is 36.9. The average Bonchev–Trinajstić information content (AvgIpc) is 1.63. The highest BCUT2D eigenvalue weighted by molar-refractivity contribution is 5.98. The Hall–Kier alpha value is -10.4. The zero-order chi connectivity index (χ0) is 98.2. The van der Waals surface area contributed by atoms with Crippen LogP contribution in [-0.2, 0) is 86.2 Å². The van der Waals surface area contributed by atoms with Crippen molar-refractivity contribution in [2.24, 2.45) is 22.0 Å². The van der Waals surface area contributed by atoms with E-state index in [2.05, 4.69) is 60.7 Å². The van der Waals surface area contributed by atoms with Crippen LogP contribution in [0, 0.1) is 16.2 Å². The molecule has 0 aromatic heterocycles. The number of hydrogen-bond acceptors (Lipinski definition) is 18. The molecule has 132 heavy (non-hydrogen) atoms. The number of likely N-dealkylation sites (tertiary alicyclic amines) is 3. The highest BCUT2D eigenvalue weighted by Crippen LogP contribution is 2.37. The summed E-state index contributed by atoms with van der Waals surface area (Å²) < 4.78 is 16.4. The van der Waals surface area contributed by atoms with Crippen LogP contribution in [0.2, 0.25) is 0 Å². The van der Waals surface area contributed by atoms with E-state index in [1.165, 1.54) is 56.1 Å². The molecule has 3 saturated heterocycles. The van der Waals surface area contributed by atoms with E-state index in [-0.39, 0.29) is 105 Å². The number of carbonyl (C=O) groups is 14. The molecule has 0 bridgehead atoms. The molecule has 6 aliphatic rings. The summed E-state index contributed by atoms with van der Waals surface area (Å²) in [5, 5.41) is 24.5. The molecule has 732 valence electrons. The zero-order valence-corrected chi connectivity index (χ0v) is 83.1. The monoisotopic (exact) mass is 1840 g/mol. The third kappa shape index (κ3) is 30.1. The van der Waals surface area contributed by atoms with Gasteiger partial charge in [-0.1, -0.05) is 161 Å². The van der Waals surface area contributed by atoms with E-state index in [0.717, 1.165) is 111 Å². The normalized spacial score (nSPS) is 21.6. The lowest BCUT2D eigenvalue weighted by Gasteiger charge is -2.37. The molecule has 3 heterocycles. The van der Waals surface area contributed by atoms with Crippen LogP contribution >= 0.6 is 0 Å². The average molecular weight is 1840 g/mol. The molecule has 3 fully saturated rings. The Balaban J connectivity index is 0.000000445. The quantitative estimate of drug-likeness (QED) is 0.0230. The van der Waals surface area contributed by atoms with Crippen LogP contribution in [0.4, 0.5) is 14.4 Å². The van der Waals surface area contributed by atoms with Crippen molar-refractivity contribution in [2.75, 3.05) is 40.8 Å². The maximum absolute atomic E-state index is 14.9. The topological polar surface area (TPSA) is 408 Å². The molecule has 0 radical (unpaired) electrons.